The Balaban J connectivity index is 3.82. The minimum Gasteiger partial charge on any atom is -0.207 e. The molecule has 0 saturated carbocycles. The molecule has 0 aromatic heterocycles. The molecule has 0 nitrogen and oxygen atoms in total. The predicted octanol–water partition coefficient (Wildman–Crippen LogP) is 4.49. The second-order valence-electron chi connectivity index (χ2n) is 4.40. The van der Waals surface area contributed by atoms with Crippen LogP contribution in [0.1, 0.15) is 53.4 Å². The van der Waals surface area contributed by atoms with Crippen LogP contribution in [0.25, 0.3) is 0 Å². The summed E-state index contributed by atoms with van der Waals surface area (Å²) in [6.07, 6.45) is 2.87. The van der Waals surface area contributed by atoms with Crippen molar-refractivity contribution < 1.29 is 8.78 Å². The highest BCUT2D eigenvalue weighted by Crippen LogP contribution is 2.28. The lowest BCUT2D eigenvalue weighted by molar-refractivity contribution is 0.00429. The van der Waals surface area contributed by atoms with Crippen molar-refractivity contribution in [3.63, 3.8) is 0 Å². The Hall–Kier alpha value is -0.140. The van der Waals surface area contributed by atoms with E-state index in [2.05, 4.69) is 20.8 Å². The van der Waals surface area contributed by atoms with Crippen LogP contribution in [-0.2, 0) is 0 Å². The Morgan fingerprint density at radius 1 is 1.15 bits per heavy atom. The third kappa shape index (κ3) is 6.97. The van der Waals surface area contributed by atoms with Crippen molar-refractivity contribution in [2.75, 3.05) is 0 Å². The Kier molecular flexibility index (Phi) is 5.50. The lowest BCUT2D eigenvalue weighted by Gasteiger charge is -2.21. The van der Waals surface area contributed by atoms with Gasteiger partial charge in [-0.25, -0.2) is 8.78 Å². The lowest BCUT2D eigenvalue weighted by atomic mass is 9.86. The van der Waals surface area contributed by atoms with E-state index in [-0.39, 0.29) is 6.42 Å². The van der Waals surface area contributed by atoms with E-state index in [0.717, 1.165) is 19.8 Å². The van der Waals surface area contributed by atoms with Gasteiger partial charge in [0, 0.05) is 6.42 Å². The quantitative estimate of drug-likeness (QED) is 0.581. The van der Waals surface area contributed by atoms with Gasteiger partial charge in [0.25, 0.3) is 0 Å². The predicted molar refractivity (Wildman–Crippen MR) is 53.1 cm³/mol. The van der Waals surface area contributed by atoms with Crippen LogP contribution in [0, 0.1) is 11.8 Å². The van der Waals surface area contributed by atoms with E-state index < -0.39 is 5.92 Å². The van der Waals surface area contributed by atoms with Crippen LogP contribution in [0.3, 0.4) is 0 Å². The van der Waals surface area contributed by atoms with Gasteiger partial charge in [0.05, 0.1) is 0 Å². The summed E-state index contributed by atoms with van der Waals surface area (Å²) in [4.78, 5) is 0. The van der Waals surface area contributed by atoms with Crippen LogP contribution in [-0.4, -0.2) is 5.92 Å². The number of halogens is 2. The first-order chi connectivity index (χ1) is 5.87. The zero-order valence-electron chi connectivity index (χ0n) is 9.24. The van der Waals surface area contributed by atoms with Gasteiger partial charge in [-0.05, 0) is 25.2 Å². The summed E-state index contributed by atoms with van der Waals surface area (Å²) in [5.41, 5.74) is 0. The Morgan fingerprint density at radius 2 is 1.69 bits per heavy atom. The summed E-state index contributed by atoms with van der Waals surface area (Å²) in [6.45, 7) is 7.36. The summed E-state index contributed by atoms with van der Waals surface area (Å²) in [6, 6.07) is 0. The number of hydrogen-bond donors (Lipinski definition) is 0. The molecule has 0 radical (unpaired) electrons. The van der Waals surface area contributed by atoms with Crippen LogP contribution in [0.5, 0.6) is 0 Å². The summed E-state index contributed by atoms with van der Waals surface area (Å²) >= 11 is 0. The van der Waals surface area contributed by atoms with E-state index in [1.807, 2.05) is 0 Å². The molecule has 0 amide bonds. The molecule has 0 heterocycles. The minimum absolute atomic E-state index is 0.0375. The zero-order chi connectivity index (χ0) is 10.5. The van der Waals surface area contributed by atoms with E-state index in [9.17, 15) is 8.78 Å². The van der Waals surface area contributed by atoms with Crippen molar-refractivity contribution in [3.8, 4) is 0 Å². The second-order valence-corrected chi connectivity index (χ2v) is 4.40. The smallest absolute Gasteiger partial charge is 0.207 e. The average molecular weight is 192 g/mol. The van der Waals surface area contributed by atoms with Gasteiger partial charge in [-0.3, -0.25) is 0 Å². The van der Waals surface area contributed by atoms with Crippen molar-refractivity contribution >= 4 is 0 Å². The Bertz CT molecular complexity index is 125. The standard InChI is InChI=1S/C11H22F2/c1-5-6-10(9(2)3)7-8-11(4,12)13/h9-10H,5-8H2,1-4H3. The van der Waals surface area contributed by atoms with Crippen LogP contribution < -0.4 is 0 Å². The van der Waals surface area contributed by atoms with Gasteiger partial charge in [0.2, 0.25) is 5.92 Å². The van der Waals surface area contributed by atoms with E-state index in [1.165, 1.54) is 0 Å². The molecule has 0 bridgehead atoms. The number of rotatable bonds is 6. The van der Waals surface area contributed by atoms with Gasteiger partial charge in [0.15, 0.2) is 0 Å². The summed E-state index contributed by atoms with van der Waals surface area (Å²) in [5, 5.41) is 0. The monoisotopic (exact) mass is 192 g/mol. The molecule has 0 aliphatic rings. The van der Waals surface area contributed by atoms with E-state index in [0.29, 0.717) is 18.3 Å². The molecule has 1 atom stereocenters. The minimum atomic E-state index is -2.49. The second kappa shape index (κ2) is 5.56. The zero-order valence-corrected chi connectivity index (χ0v) is 9.24. The number of alkyl halides is 2. The maximum absolute atomic E-state index is 12.6. The van der Waals surface area contributed by atoms with E-state index >= 15 is 0 Å². The molecule has 0 aliphatic heterocycles. The molecule has 13 heavy (non-hydrogen) atoms. The van der Waals surface area contributed by atoms with Gasteiger partial charge in [-0.15, -0.1) is 0 Å². The van der Waals surface area contributed by atoms with Crippen LogP contribution >= 0.6 is 0 Å². The molecule has 0 fully saturated rings. The SMILES string of the molecule is CCCC(CCC(C)(F)F)C(C)C. The van der Waals surface area contributed by atoms with Crippen LogP contribution in [0.2, 0.25) is 0 Å². The Labute approximate surface area is 80.7 Å². The highest BCUT2D eigenvalue weighted by atomic mass is 19.3. The molecule has 2 heteroatoms. The first kappa shape index (κ1) is 12.9. The molecule has 0 aliphatic carbocycles. The van der Waals surface area contributed by atoms with Crippen molar-refractivity contribution in [3.05, 3.63) is 0 Å². The fourth-order valence-corrected chi connectivity index (χ4v) is 1.62. The molecule has 1 unspecified atom stereocenters. The van der Waals surface area contributed by atoms with Crippen molar-refractivity contribution in [1.82, 2.24) is 0 Å². The highest BCUT2D eigenvalue weighted by molar-refractivity contribution is 4.67. The molecule has 0 N–H and O–H groups in total. The van der Waals surface area contributed by atoms with E-state index in [1.54, 1.807) is 0 Å². The van der Waals surface area contributed by atoms with Gasteiger partial charge in [0.1, 0.15) is 0 Å². The van der Waals surface area contributed by atoms with Gasteiger partial charge in [-0.1, -0.05) is 33.6 Å². The molecule has 80 valence electrons. The molecule has 0 aromatic carbocycles. The normalized spacial score (nSPS) is 15.0. The highest BCUT2D eigenvalue weighted by Gasteiger charge is 2.23. The first-order valence-corrected chi connectivity index (χ1v) is 5.24. The molecular formula is C11H22F2. The third-order valence-electron chi connectivity index (χ3n) is 2.56. The molecular weight excluding hydrogens is 170 g/mol. The molecule has 0 aromatic rings. The largest absolute Gasteiger partial charge is 0.245 e. The maximum atomic E-state index is 12.6. The van der Waals surface area contributed by atoms with Gasteiger partial charge in [-0.2, -0.15) is 0 Å². The topological polar surface area (TPSA) is 0 Å². The van der Waals surface area contributed by atoms with Crippen molar-refractivity contribution in [2.24, 2.45) is 11.8 Å². The molecule has 0 rings (SSSR count). The van der Waals surface area contributed by atoms with Crippen LogP contribution in [0.4, 0.5) is 8.78 Å². The van der Waals surface area contributed by atoms with Crippen molar-refractivity contribution in [2.45, 2.75) is 59.3 Å². The lowest BCUT2D eigenvalue weighted by Crippen LogP contribution is -2.15. The van der Waals surface area contributed by atoms with Crippen molar-refractivity contribution in [1.29, 1.82) is 0 Å². The Morgan fingerprint density at radius 3 is 2.00 bits per heavy atom. The maximum Gasteiger partial charge on any atom is 0.245 e. The first-order valence-electron chi connectivity index (χ1n) is 5.24. The molecule has 0 saturated heterocycles. The summed E-state index contributed by atoms with van der Waals surface area (Å²) in [5.74, 6) is -1.49. The number of hydrogen-bond acceptors (Lipinski definition) is 0. The van der Waals surface area contributed by atoms with E-state index in [4.69, 9.17) is 0 Å². The fourth-order valence-electron chi connectivity index (χ4n) is 1.62. The van der Waals surface area contributed by atoms with Crippen LogP contribution in [0.15, 0.2) is 0 Å². The fraction of sp³-hybridized carbons (Fsp3) is 1.00. The summed E-state index contributed by atoms with van der Waals surface area (Å²) < 4.78 is 25.2. The third-order valence-corrected chi connectivity index (χ3v) is 2.56. The summed E-state index contributed by atoms with van der Waals surface area (Å²) in [7, 11) is 0. The average Bonchev–Trinajstić information content (AvgIpc) is 1.95. The van der Waals surface area contributed by atoms with Gasteiger partial charge >= 0.3 is 0 Å². The molecule has 0 spiro atoms. The van der Waals surface area contributed by atoms with Gasteiger partial charge < -0.3 is 0 Å².